The van der Waals surface area contributed by atoms with Crippen molar-refractivity contribution in [2.45, 2.75) is 96.8 Å². The summed E-state index contributed by atoms with van der Waals surface area (Å²) in [7, 11) is 0. The normalized spacial score (nSPS) is 27.0. The van der Waals surface area contributed by atoms with Crippen molar-refractivity contribution in [3.63, 3.8) is 0 Å². The van der Waals surface area contributed by atoms with Crippen molar-refractivity contribution in [1.29, 1.82) is 0 Å². The summed E-state index contributed by atoms with van der Waals surface area (Å²) < 4.78 is 12.9. The highest BCUT2D eigenvalue weighted by Gasteiger charge is 2.24. The van der Waals surface area contributed by atoms with Gasteiger partial charge in [0.1, 0.15) is 5.82 Å². The van der Waals surface area contributed by atoms with Gasteiger partial charge >= 0.3 is 0 Å². The van der Waals surface area contributed by atoms with Crippen molar-refractivity contribution < 1.29 is 4.39 Å². The van der Waals surface area contributed by atoms with Gasteiger partial charge in [-0.2, -0.15) is 0 Å². The van der Waals surface area contributed by atoms with Crippen LogP contribution >= 0.6 is 0 Å². The maximum atomic E-state index is 12.9. The number of allylic oxidation sites excluding steroid dienone is 2. The molecule has 0 N–H and O–H groups in total. The van der Waals surface area contributed by atoms with Gasteiger partial charge in [0.15, 0.2) is 0 Å². The zero-order valence-electron chi connectivity index (χ0n) is 19.1. The average Bonchev–Trinajstić information content (AvgIpc) is 2.78. The van der Waals surface area contributed by atoms with E-state index in [4.69, 9.17) is 0 Å². The highest BCUT2D eigenvalue weighted by molar-refractivity contribution is 5.36. The van der Waals surface area contributed by atoms with Crippen LogP contribution in [-0.4, -0.2) is 0 Å². The van der Waals surface area contributed by atoms with Gasteiger partial charge in [0.25, 0.3) is 0 Å². The smallest absolute Gasteiger partial charge is 0.123 e. The average molecular weight is 409 g/mol. The van der Waals surface area contributed by atoms with Crippen LogP contribution in [0.2, 0.25) is 0 Å². The third-order valence-electron chi connectivity index (χ3n) is 7.57. The Hall–Kier alpha value is -1.55. The lowest BCUT2D eigenvalue weighted by molar-refractivity contribution is 0.219. The fourth-order valence-electron chi connectivity index (χ4n) is 5.48. The van der Waals surface area contributed by atoms with Crippen molar-refractivity contribution in [3.8, 4) is 11.8 Å². The lowest BCUT2D eigenvalue weighted by Crippen LogP contribution is -2.17. The lowest BCUT2D eigenvalue weighted by Gasteiger charge is -2.31. The number of halogens is 1. The molecule has 2 aliphatic carbocycles. The maximum Gasteiger partial charge on any atom is 0.123 e. The van der Waals surface area contributed by atoms with E-state index in [9.17, 15) is 4.39 Å². The molecular weight excluding hydrogens is 367 g/mol. The molecule has 164 valence electrons. The van der Waals surface area contributed by atoms with Crippen molar-refractivity contribution in [1.82, 2.24) is 0 Å². The summed E-state index contributed by atoms with van der Waals surface area (Å²) in [4.78, 5) is 0. The second kappa shape index (κ2) is 13.0. The Balaban J connectivity index is 1.27. The van der Waals surface area contributed by atoms with Crippen LogP contribution in [0.5, 0.6) is 0 Å². The Kier molecular flexibility index (Phi) is 10.0. The van der Waals surface area contributed by atoms with Crippen LogP contribution in [0.25, 0.3) is 0 Å². The van der Waals surface area contributed by atoms with E-state index in [1.54, 1.807) is 12.1 Å². The molecule has 1 aromatic carbocycles. The molecule has 0 unspecified atom stereocenters. The summed E-state index contributed by atoms with van der Waals surface area (Å²) in [5.41, 5.74) is 0.875. The van der Waals surface area contributed by atoms with Crippen LogP contribution in [0, 0.1) is 41.3 Å². The van der Waals surface area contributed by atoms with Gasteiger partial charge in [-0.3, -0.25) is 0 Å². The van der Waals surface area contributed by atoms with Crippen molar-refractivity contribution in [2.24, 2.45) is 23.7 Å². The second-order valence-corrected chi connectivity index (χ2v) is 9.88. The summed E-state index contributed by atoms with van der Waals surface area (Å²) >= 11 is 0. The molecule has 0 atom stereocenters. The number of rotatable bonds is 8. The van der Waals surface area contributed by atoms with E-state index in [0.29, 0.717) is 5.92 Å². The summed E-state index contributed by atoms with van der Waals surface area (Å²) in [6.07, 6.45) is 24.4. The Morgan fingerprint density at radius 1 is 0.800 bits per heavy atom. The molecule has 0 spiro atoms. The molecule has 2 fully saturated rings. The summed E-state index contributed by atoms with van der Waals surface area (Å²) in [5, 5.41) is 0. The fourth-order valence-corrected chi connectivity index (χ4v) is 5.48. The summed E-state index contributed by atoms with van der Waals surface area (Å²) in [5.74, 6) is 9.72. The molecule has 1 heteroatoms. The van der Waals surface area contributed by atoms with E-state index in [2.05, 4.69) is 24.8 Å². The Morgan fingerprint density at radius 2 is 1.37 bits per heavy atom. The van der Waals surface area contributed by atoms with Gasteiger partial charge in [-0.25, -0.2) is 4.39 Å². The molecule has 30 heavy (non-hydrogen) atoms. The molecule has 2 saturated carbocycles. The largest absolute Gasteiger partial charge is 0.207 e. The lowest BCUT2D eigenvalue weighted by atomic mass is 9.75. The molecule has 0 amide bonds. The molecule has 1 aromatic rings. The second-order valence-electron chi connectivity index (χ2n) is 9.88. The van der Waals surface area contributed by atoms with E-state index in [1.807, 2.05) is 6.08 Å². The van der Waals surface area contributed by atoms with E-state index in [1.165, 1.54) is 102 Å². The number of hydrogen-bond donors (Lipinski definition) is 0. The molecule has 0 aromatic heterocycles. The van der Waals surface area contributed by atoms with E-state index in [0.717, 1.165) is 23.3 Å². The van der Waals surface area contributed by atoms with E-state index >= 15 is 0 Å². The van der Waals surface area contributed by atoms with E-state index in [-0.39, 0.29) is 5.82 Å². The molecule has 0 saturated heterocycles. The first-order valence-electron chi connectivity index (χ1n) is 12.7. The van der Waals surface area contributed by atoms with Gasteiger partial charge in [0, 0.05) is 5.56 Å². The number of unbranched alkanes of at least 4 members (excludes halogenated alkanes) is 2. The minimum Gasteiger partial charge on any atom is -0.207 e. The predicted molar refractivity (Wildman–Crippen MR) is 127 cm³/mol. The van der Waals surface area contributed by atoms with Crippen LogP contribution in [-0.2, 0) is 0 Å². The molecule has 0 aliphatic heterocycles. The van der Waals surface area contributed by atoms with Crippen molar-refractivity contribution >= 4 is 0 Å². The standard InChI is InChI=1S/C29H41F/c1-2-3-4-7-24-10-14-27(15-11-24)18-19-28-16-12-25(13-17-28)8-5-6-9-26-20-22-29(30)23-21-26/h5,8,20-25,27-28H,2-4,7,10-19H2,1H3. The molecule has 0 nitrogen and oxygen atoms in total. The summed E-state index contributed by atoms with van der Waals surface area (Å²) in [6.45, 7) is 2.31. The highest BCUT2D eigenvalue weighted by Crippen LogP contribution is 2.38. The zero-order valence-corrected chi connectivity index (χ0v) is 19.1. The van der Waals surface area contributed by atoms with Gasteiger partial charge in [0.05, 0.1) is 0 Å². The van der Waals surface area contributed by atoms with Gasteiger partial charge in [-0.15, -0.1) is 0 Å². The number of benzene rings is 1. The van der Waals surface area contributed by atoms with Crippen molar-refractivity contribution in [2.75, 3.05) is 0 Å². The van der Waals surface area contributed by atoms with Crippen LogP contribution in [0.3, 0.4) is 0 Å². The Bertz CT molecular complexity index is 673. The third kappa shape index (κ3) is 8.29. The first-order valence-corrected chi connectivity index (χ1v) is 12.7. The topological polar surface area (TPSA) is 0 Å². The number of hydrogen-bond acceptors (Lipinski definition) is 0. The molecule has 0 radical (unpaired) electrons. The molecule has 0 heterocycles. The van der Waals surface area contributed by atoms with Crippen LogP contribution in [0.4, 0.5) is 4.39 Å². The molecular formula is C29H41F. The van der Waals surface area contributed by atoms with Gasteiger partial charge in [-0.05, 0) is 79.7 Å². The zero-order chi connectivity index (χ0) is 21.0. The minimum absolute atomic E-state index is 0.206. The predicted octanol–water partition coefficient (Wildman–Crippen LogP) is 8.71. The molecule has 0 bridgehead atoms. The van der Waals surface area contributed by atoms with Crippen LogP contribution in [0.1, 0.15) is 102 Å². The quantitative estimate of drug-likeness (QED) is 0.298. The SMILES string of the molecule is CCCCCC1CCC(CCC2CCC(C=CC#Cc3ccc(F)cc3)CC2)CC1. The fraction of sp³-hybridized carbons (Fsp3) is 0.655. The minimum atomic E-state index is -0.206. The third-order valence-corrected chi connectivity index (χ3v) is 7.57. The monoisotopic (exact) mass is 408 g/mol. The van der Waals surface area contributed by atoms with Gasteiger partial charge in [0.2, 0.25) is 0 Å². The van der Waals surface area contributed by atoms with Gasteiger partial charge in [-0.1, -0.05) is 89.0 Å². The van der Waals surface area contributed by atoms with Crippen molar-refractivity contribution in [3.05, 3.63) is 47.8 Å². The summed E-state index contributed by atoms with van der Waals surface area (Å²) in [6, 6.07) is 6.41. The van der Waals surface area contributed by atoms with Crippen LogP contribution in [0.15, 0.2) is 36.4 Å². The van der Waals surface area contributed by atoms with Crippen LogP contribution < -0.4 is 0 Å². The molecule has 3 rings (SSSR count). The van der Waals surface area contributed by atoms with E-state index < -0.39 is 0 Å². The Morgan fingerprint density at radius 3 is 1.97 bits per heavy atom. The molecule has 2 aliphatic rings. The highest BCUT2D eigenvalue weighted by atomic mass is 19.1. The maximum absolute atomic E-state index is 12.9. The Labute approximate surface area is 184 Å². The van der Waals surface area contributed by atoms with Gasteiger partial charge < -0.3 is 0 Å². The first kappa shape index (κ1) is 23.1. The first-order chi connectivity index (χ1) is 14.7.